The maximum absolute atomic E-state index is 11.3. The molecule has 5 nitrogen and oxygen atoms in total. The number of hydrogen-bond acceptors (Lipinski definition) is 3. The second-order valence-corrected chi connectivity index (χ2v) is 6.84. The van der Waals surface area contributed by atoms with E-state index in [0.29, 0.717) is 19.0 Å². The predicted octanol–water partition coefficient (Wildman–Crippen LogP) is 2.50. The fourth-order valence-electron chi connectivity index (χ4n) is 3.44. The molecule has 1 amide bonds. The molecule has 2 N–H and O–H groups in total. The Hall–Kier alpha value is -1.10. The van der Waals surface area contributed by atoms with Crippen LogP contribution in [0.3, 0.4) is 0 Å². The van der Waals surface area contributed by atoms with Crippen molar-refractivity contribution in [3.8, 4) is 0 Å². The molecular weight excluding hydrogens is 280 g/mol. The maximum Gasteiger partial charge on any atom is 0.320 e. The molecule has 1 rings (SSSR count). The highest BCUT2D eigenvalue weighted by molar-refractivity contribution is 5.73. The summed E-state index contributed by atoms with van der Waals surface area (Å²) >= 11 is 0. The van der Waals surface area contributed by atoms with Crippen molar-refractivity contribution in [3.63, 3.8) is 0 Å². The Balaban J connectivity index is 2.46. The molecule has 1 aliphatic carbocycles. The van der Waals surface area contributed by atoms with Crippen molar-refractivity contribution >= 4 is 11.9 Å². The van der Waals surface area contributed by atoms with Crippen LogP contribution in [0.4, 0.5) is 0 Å². The topological polar surface area (TPSA) is 69.6 Å². The molecule has 0 spiro atoms. The summed E-state index contributed by atoms with van der Waals surface area (Å²) in [5, 5.41) is 12.0. The lowest BCUT2D eigenvalue weighted by Gasteiger charge is -2.31. The number of nitrogens with zero attached hydrogens (tertiary/aromatic N) is 1. The van der Waals surface area contributed by atoms with Crippen LogP contribution in [0, 0.1) is 11.8 Å². The molecular formula is C17H32N2O3. The highest BCUT2D eigenvalue weighted by atomic mass is 16.4. The monoisotopic (exact) mass is 312 g/mol. The number of rotatable bonds is 9. The molecule has 0 aromatic carbocycles. The van der Waals surface area contributed by atoms with Crippen LogP contribution in [-0.2, 0) is 9.59 Å². The summed E-state index contributed by atoms with van der Waals surface area (Å²) in [5.74, 6) is 0.425. The zero-order valence-corrected chi connectivity index (χ0v) is 14.3. The van der Waals surface area contributed by atoms with Crippen molar-refractivity contribution in [1.29, 1.82) is 0 Å². The van der Waals surface area contributed by atoms with Gasteiger partial charge in [0.25, 0.3) is 0 Å². The zero-order chi connectivity index (χ0) is 16.5. The minimum atomic E-state index is -0.798. The summed E-state index contributed by atoms with van der Waals surface area (Å²) in [6.45, 7) is 7.30. The summed E-state index contributed by atoms with van der Waals surface area (Å²) in [5.41, 5.74) is 0. The van der Waals surface area contributed by atoms with Crippen molar-refractivity contribution in [2.75, 3.05) is 19.6 Å². The Kier molecular flexibility index (Phi) is 8.46. The SMILES string of the molecule is CC(=O)NCCN(CC(C)CC1CCCCC1)C(C)C(=O)O. The molecule has 0 radical (unpaired) electrons. The fraction of sp³-hybridized carbons (Fsp3) is 0.882. The van der Waals surface area contributed by atoms with Crippen LogP contribution < -0.4 is 5.32 Å². The second-order valence-electron chi connectivity index (χ2n) is 6.84. The van der Waals surface area contributed by atoms with Crippen LogP contribution in [0.15, 0.2) is 0 Å². The van der Waals surface area contributed by atoms with Crippen LogP contribution in [0.5, 0.6) is 0 Å². The molecule has 0 heterocycles. The Morgan fingerprint density at radius 2 is 1.86 bits per heavy atom. The highest BCUT2D eigenvalue weighted by Gasteiger charge is 2.24. The fourth-order valence-corrected chi connectivity index (χ4v) is 3.44. The van der Waals surface area contributed by atoms with Crippen LogP contribution in [0.2, 0.25) is 0 Å². The van der Waals surface area contributed by atoms with Crippen molar-refractivity contribution < 1.29 is 14.7 Å². The minimum Gasteiger partial charge on any atom is -0.480 e. The molecule has 0 saturated heterocycles. The first-order valence-corrected chi connectivity index (χ1v) is 8.61. The second kappa shape index (κ2) is 9.82. The van der Waals surface area contributed by atoms with Crippen LogP contribution >= 0.6 is 0 Å². The van der Waals surface area contributed by atoms with E-state index in [0.717, 1.165) is 12.5 Å². The third-order valence-electron chi connectivity index (χ3n) is 4.68. The van der Waals surface area contributed by atoms with Gasteiger partial charge in [-0.3, -0.25) is 14.5 Å². The highest BCUT2D eigenvalue weighted by Crippen LogP contribution is 2.29. The van der Waals surface area contributed by atoms with Gasteiger partial charge in [0.1, 0.15) is 6.04 Å². The Morgan fingerprint density at radius 3 is 2.41 bits per heavy atom. The van der Waals surface area contributed by atoms with E-state index in [2.05, 4.69) is 12.2 Å². The van der Waals surface area contributed by atoms with E-state index in [9.17, 15) is 14.7 Å². The number of carbonyl (C=O) groups is 2. The van der Waals surface area contributed by atoms with Crippen LogP contribution in [-0.4, -0.2) is 47.6 Å². The van der Waals surface area contributed by atoms with Gasteiger partial charge in [0.05, 0.1) is 0 Å². The molecule has 1 saturated carbocycles. The summed E-state index contributed by atoms with van der Waals surface area (Å²) in [4.78, 5) is 24.2. The standard InChI is InChI=1S/C17H32N2O3/c1-13(11-16-7-5-4-6-8-16)12-19(14(2)17(21)22)10-9-18-15(3)20/h13-14,16H,4-12H2,1-3H3,(H,18,20)(H,21,22). The molecule has 22 heavy (non-hydrogen) atoms. The first-order chi connectivity index (χ1) is 10.4. The molecule has 0 aromatic rings. The number of aliphatic carboxylic acids is 1. The van der Waals surface area contributed by atoms with E-state index < -0.39 is 12.0 Å². The summed E-state index contributed by atoms with van der Waals surface area (Å²) in [6.07, 6.45) is 7.88. The van der Waals surface area contributed by atoms with Gasteiger partial charge in [0, 0.05) is 26.6 Å². The molecule has 1 aliphatic rings. The smallest absolute Gasteiger partial charge is 0.320 e. The Bertz CT molecular complexity index is 354. The summed E-state index contributed by atoms with van der Waals surface area (Å²) in [6, 6.07) is -0.512. The first kappa shape index (κ1) is 18.9. The predicted molar refractivity (Wildman–Crippen MR) is 87.7 cm³/mol. The average Bonchev–Trinajstić information content (AvgIpc) is 2.46. The van der Waals surface area contributed by atoms with E-state index in [4.69, 9.17) is 0 Å². The van der Waals surface area contributed by atoms with Gasteiger partial charge in [0.2, 0.25) is 5.91 Å². The van der Waals surface area contributed by atoms with Gasteiger partial charge in [-0.15, -0.1) is 0 Å². The lowest BCUT2D eigenvalue weighted by molar-refractivity contribution is -0.142. The molecule has 0 aromatic heterocycles. The number of nitrogens with one attached hydrogen (secondary N) is 1. The van der Waals surface area contributed by atoms with Crippen molar-refractivity contribution in [2.24, 2.45) is 11.8 Å². The quantitative estimate of drug-likeness (QED) is 0.686. The normalized spacial score (nSPS) is 18.9. The van der Waals surface area contributed by atoms with Crippen LogP contribution in [0.1, 0.15) is 59.3 Å². The number of amides is 1. The summed E-state index contributed by atoms with van der Waals surface area (Å²) < 4.78 is 0. The Labute approximate surface area is 134 Å². The number of carbonyl (C=O) groups excluding carboxylic acids is 1. The molecule has 2 atom stereocenters. The van der Waals surface area contributed by atoms with Gasteiger partial charge in [-0.25, -0.2) is 0 Å². The van der Waals surface area contributed by atoms with E-state index in [1.165, 1.54) is 45.4 Å². The molecule has 2 unspecified atom stereocenters. The largest absolute Gasteiger partial charge is 0.480 e. The molecule has 0 bridgehead atoms. The van der Waals surface area contributed by atoms with Gasteiger partial charge in [0.15, 0.2) is 0 Å². The molecule has 128 valence electrons. The maximum atomic E-state index is 11.3. The van der Waals surface area contributed by atoms with Gasteiger partial charge in [-0.1, -0.05) is 39.0 Å². The van der Waals surface area contributed by atoms with E-state index in [1.54, 1.807) is 6.92 Å². The van der Waals surface area contributed by atoms with Gasteiger partial charge < -0.3 is 10.4 Å². The van der Waals surface area contributed by atoms with Crippen LogP contribution in [0.25, 0.3) is 0 Å². The van der Waals surface area contributed by atoms with Crippen molar-refractivity contribution in [2.45, 2.75) is 65.3 Å². The zero-order valence-electron chi connectivity index (χ0n) is 14.3. The number of carboxylic acid groups (broad SMARTS) is 1. The first-order valence-electron chi connectivity index (χ1n) is 8.61. The summed E-state index contributed by atoms with van der Waals surface area (Å²) in [7, 11) is 0. The van der Waals surface area contributed by atoms with E-state index >= 15 is 0 Å². The van der Waals surface area contributed by atoms with E-state index in [1.807, 2.05) is 4.90 Å². The third kappa shape index (κ3) is 7.25. The molecule has 5 heteroatoms. The average molecular weight is 312 g/mol. The third-order valence-corrected chi connectivity index (χ3v) is 4.68. The van der Waals surface area contributed by atoms with Gasteiger partial charge in [-0.2, -0.15) is 0 Å². The molecule has 0 aliphatic heterocycles. The van der Waals surface area contributed by atoms with Gasteiger partial charge in [-0.05, 0) is 25.2 Å². The number of carboxylic acids is 1. The minimum absolute atomic E-state index is 0.0711. The lowest BCUT2D eigenvalue weighted by Crippen LogP contribution is -2.45. The number of hydrogen-bond donors (Lipinski definition) is 2. The Morgan fingerprint density at radius 1 is 1.23 bits per heavy atom. The molecule has 1 fully saturated rings. The van der Waals surface area contributed by atoms with Gasteiger partial charge >= 0.3 is 5.97 Å². The van der Waals surface area contributed by atoms with Crippen molar-refractivity contribution in [1.82, 2.24) is 10.2 Å². The van der Waals surface area contributed by atoms with Crippen molar-refractivity contribution in [3.05, 3.63) is 0 Å². The van der Waals surface area contributed by atoms with E-state index in [-0.39, 0.29) is 5.91 Å². The lowest BCUT2D eigenvalue weighted by atomic mass is 9.83.